The molecule has 2 N–H and O–H groups in total. The fourth-order valence-electron chi connectivity index (χ4n) is 3.32. The molecule has 3 rings (SSSR count). The number of ether oxygens (including phenoxy) is 1. The third kappa shape index (κ3) is 4.31. The standard InChI is InChI=1S/C21H25N3O4/c1-3-28-13-16-10-18(16)23(2)20(26)17-9-15(19(22)25)12-24(21(17)27)11-14-7-5-4-6-8-14/h4-9,12,16,18H,3,10-11,13H2,1-2H3,(H2,22,25)/t16-,18+/m0/s1. The second kappa shape index (κ2) is 8.39. The van der Waals surface area contributed by atoms with Gasteiger partial charge < -0.3 is 19.9 Å². The highest BCUT2D eigenvalue weighted by Crippen LogP contribution is 2.35. The molecule has 1 aliphatic carbocycles. The maximum absolute atomic E-state index is 13.0. The van der Waals surface area contributed by atoms with Crippen molar-refractivity contribution in [2.75, 3.05) is 20.3 Å². The van der Waals surface area contributed by atoms with E-state index in [-0.39, 0.29) is 29.6 Å². The van der Waals surface area contributed by atoms with E-state index in [0.717, 1.165) is 12.0 Å². The Balaban J connectivity index is 1.88. The van der Waals surface area contributed by atoms with Crippen molar-refractivity contribution in [2.45, 2.75) is 25.9 Å². The van der Waals surface area contributed by atoms with Crippen molar-refractivity contribution >= 4 is 11.8 Å². The summed E-state index contributed by atoms with van der Waals surface area (Å²) in [6.45, 7) is 3.40. The van der Waals surface area contributed by atoms with Gasteiger partial charge in [-0.2, -0.15) is 0 Å². The molecule has 1 fully saturated rings. The van der Waals surface area contributed by atoms with Gasteiger partial charge in [-0.1, -0.05) is 30.3 Å². The number of nitrogens with two attached hydrogens (primary N) is 1. The molecular weight excluding hydrogens is 358 g/mol. The summed E-state index contributed by atoms with van der Waals surface area (Å²) in [5.41, 5.74) is 5.96. The van der Waals surface area contributed by atoms with E-state index in [4.69, 9.17) is 10.5 Å². The molecule has 148 valence electrons. The summed E-state index contributed by atoms with van der Waals surface area (Å²) in [5.74, 6) is -0.808. The summed E-state index contributed by atoms with van der Waals surface area (Å²) in [6, 6.07) is 10.7. The molecule has 2 amide bonds. The highest BCUT2D eigenvalue weighted by atomic mass is 16.5. The van der Waals surface area contributed by atoms with Crippen LogP contribution in [0.15, 0.2) is 47.4 Å². The van der Waals surface area contributed by atoms with Gasteiger partial charge in [-0.25, -0.2) is 0 Å². The number of nitrogens with zero attached hydrogens (tertiary/aromatic N) is 2. The van der Waals surface area contributed by atoms with Crippen LogP contribution in [0.5, 0.6) is 0 Å². The molecule has 0 radical (unpaired) electrons. The Morgan fingerprint density at radius 3 is 2.64 bits per heavy atom. The number of benzene rings is 1. The summed E-state index contributed by atoms with van der Waals surface area (Å²) >= 11 is 0. The molecule has 1 heterocycles. The van der Waals surface area contributed by atoms with Crippen molar-refractivity contribution in [3.05, 3.63) is 69.6 Å². The Hall–Kier alpha value is -2.93. The molecule has 1 aliphatic rings. The predicted octanol–water partition coefficient (Wildman–Crippen LogP) is 1.49. The Bertz CT molecular complexity index is 923. The smallest absolute Gasteiger partial charge is 0.263 e. The number of primary amides is 1. The maximum Gasteiger partial charge on any atom is 0.263 e. The summed E-state index contributed by atoms with van der Waals surface area (Å²) in [6.07, 6.45) is 2.25. The van der Waals surface area contributed by atoms with Crippen molar-refractivity contribution in [2.24, 2.45) is 11.7 Å². The molecule has 0 saturated heterocycles. The minimum Gasteiger partial charge on any atom is -0.381 e. The van der Waals surface area contributed by atoms with Gasteiger partial charge in [-0.15, -0.1) is 0 Å². The van der Waals surface area contributed by atoms with Crippen molar-refractivity contribution < 1.29 is 14.3 Å². The van der Waals surface area contributed by atoms with Crippen LogP contribution in [-0.2, 0) is 11.3 Å². The third-order valence-corrected chi connectivity index (χ3v) is 5.04. The van der Waals surface area contributed by atoms with Crippen molar-refractivity contribution in [3.8, 4) is 0 Å². The number of pyridine rings is 1. The lowest BCUT2D eigenvalue weighted by Gasteiger charge is -2.18. The predicted molar refractivity (Wildman–Crippen MR) is 105 cm³/mol. The van der Waals surface area contributed by atoms with E-state index in [1.165, 1.54) is 16.8 Å². The number of hydrogen-bond acceptors (Lipinski definition) is 4. The zero-order chi connectivity index (χ0) is 20.3. The van der Waals surface area contributed by atoms with Crippen LogP contribution in [0.2, 0.25) is 0 Å². The lowest BCUT2D eigenvalue weighted by molar-refractivity contribution is 0.0754. The van der Waals surface area contributed by atoms with Gasteiger partial charge >= 0.3 is 0 Å². The normalized spacial score (nSPS) is 17.9. The van der Waals surface area contributed by atoms with Crippen LogP contribution in [0.1, 0.15) is 39.6 Å². The van der Waals surface area contributed by atoms with Crippen molar-refractivity contribution in [3.63, 3.8) is 0 Å². The molecule has 28 heavy (non-hydrogen) atoms. The highest BCUT2D eigenvalue weighted by molar-refractivity contribution is 5.98. The quantitative estimate of drug-likeness (QED) is 0.747. The zero-order valence-electron chi connectivity index (χ0n) is 16.1. The Kier molecular flexibility index (Phi) is 5.94. The first kappa shape index (κ1) is 19.8. The SMILES string of the molecule is CCOC[C@@H]1C[C@H]1N(C)C(=O)c1cc(C(N)=O)cn(Cc2ccccc2)c1=O. The number of hydrogen-bond donors (Lipinski definition) is 1. The van der Waals surface area contributed by atoms with Gasteiger partial charge in [0.1, 0.15) is 5.56 Å². The van der Waals surface area contributed by atoms with Crippen LogP contribution >= 0.6 is 0 Å². The minimum absolute atomic E-state index is 0.0401. The lowest BCUT2D eigenvalue weighted by atomic mass is 10.1. The van der Waals surface area contributed by atoms with Gasteiger partial charge in [0.05, 0.1) is 18.7 Å². The maximum atomic E-state index is 13.0. The van der Waals surface area contributed by atoms with Gasteiger partial charge in [0.2, 0.25) is 5.91 Å². The number of amides is 2. The average molecular weight is 383 g/mol. The number of rotatable bonds is 8. The first-order valence-electron chi connectivity index (χ1n) is 9.35. The second-order valence-corrected chi connectivity index (χ2v) is 7.06. The van der Waals surface area contributed by atoms with Crippen molar-refractivity contribution in [1.29, 1.82) is 0 Å². The Morgan fingerprint density at radius 1 is 1.29 bits per heavy atom. The minimum atomic E-state index is -0.681. The van der Waals surface area contributed by atoms with Gasteiger partial charge in [0.15, 0.2) is 0 Å². The van der Waals surface area contributed by atoms with E-state index < -0.39 is 17.4 Å². The molecule has 7 heteroatoms. The molecule has 0 spiro atoms. The molecule has 2 atom stereocenters. The number of carbonyl (C=O) groups is 2. The molecular formula is C21H25N3O4. The van der Waals surface area contributed by atoms with Gasteiger partial charge in [-0.05, 0) is 25.0 Å². The largest absolute Gasteiger partial charge is 0.381 e. The lowest BCUT2D eigenvalue weighted by Crippen LogP contribution is -2.37. The molecule has 1 aromatic heterocycles. The van der Waals surface area contributed by atoms with Gasteiger partial charge in [-0.3, -0.25) is 14.4 Å². The monoisotopic (exact) mass is 383 g/mol. The fraction of sp³-hybridized carbons (Fsp3) is 0.381. The van der Waals surface area contributed by atoms with Crippen LogP contribution in [0.25, 0.3) is 0 Å². The average Bonchev–Trinajstić information content (AvgIpc) is 3.47. The van der Waals surface area contributed by atoms with Crippen LogP contribution in [0.3, 0.4) is 0 Å². The molecule has 0 aliphatic heterocycles. The Morgan fingerprint density at radius 2 is 2.00 bits per heavy atom. The second-order valence-electron chi connectivity index (χ2n) is 7.06. The third-order valence-electron chi connectivity index (χ3n) is 5.04. The van der Waals surface area contributed by atoms with E-state index in [0.29, 0.717) is 13.2 Å². The van der Waals surface area contributed by atoms with E-state index in [1.807, 2.05) is 37.3 Å². The van der Waals surface area contributed by atoms with Crippen LogP contribution < -0.4 is 11.3 Å². The topological polar surface area (TPSA) is 94.6 Å². The van der Waals surface area contributed by atoms with E-state index in [1.54, 1.807) is 11.9 Å². The molecule has 1 saturated carbocycles. The van der Waals surface area contributed by atoms with Gasteiger partial charge in [0.25, 0.3) is 11.5 Å². The summed E-state index contributed by atoms with van der Waals surface area (Å²) in [7, 11) is 1.68. The van der Waals surface area contributed by atoms with E-state index in [9.17, 15) is 14.4 Å². The van der Waals surface area contributed by atoms with E-state index >= 15 is 0 Å². The molecule has 2 aromatic rings. The van der Waals surface area contributed by atoms with Crippen molar-refractivity contribution in [1.82, 2.24) is 9.47 Å². The summed E-state index contributed by atoms with van der Waals surface area (Å²) in [5, 5.41) is 0. The molecule has 7 nitrogen and oxygen atoms in total. The number of aromatic nitrogens is 1. The highest BCUT2D eigenvalue weighted by Gasteiger charge is 2.42. The number of carbonyl (C=O) groups excluding carboxylic acids is 2. The fourth-order valence-corrected chi connectivity index (χ4v) is 3.32. The van der Waals surface area contributed by atoms with Gasteiger partial charge in [0, 0.05) is 31.8 Å². The summed E-state index contributed by atoms with van der Waals surface area (Å²) in [4.78, 5) is 39.2. The molecule has 0 bridgehead atoms. The Labute approximate surface area is 163 Å². The first-order valence-corrected chi connectivity index (χ1v) is 9.35. The van der Waals surface area contributed by atoms with Crippen LogP contribution in [0, 0.1) is 5.92 Å². The zero-order valence-corrected chi connectivity index (χ0v) is 16.1. The molecule has 0 unspecified atom stereocenters. The van der Waals surface area contributed by atoms with Crippen LogP contribution in [0.4, 0.5) is 0 Å². The van der Waals surface area contributed by atoms with Crippen LogP contribution in [-0.4, -0.2) is 47.6 Å². The molecule has 1 aromatic carbocycles. The van der Waals surface area contributed by atoms with E-state index in [2.05, 4.69) is 0 Å². The summed E-state index contributed by atoms with van der Waals surface area (Å²) < 4.78 is 6.78. The first-order chi connectivity index (χ1) is 13.4.